The third kappa shape index (κ3) is 3.00. The molecule has 0 saturated carbocycles. The summed E-state index contributed by atoms with van der Waals surface area (Å²) < 4.78 is 5.19. The van der Waals surface area contributed by atoms with Crippen LogP contribution in [0.1, 0.15) is 5.56 Å². The SMILES string of the molecule is NC[C@H]1CN(C(=O)OCc2ccccc2)C[C@@H]1O. The minimum Gasteiger partial charge on any atom is -0.445 e. The molecule has 18 heavy (non-hydrogen) atoms. The number of likely N-dealkylation sites (tertiary alicyclic amines) is 1. The number of rotatable bonds is 3. The maximum Gasteiger partial charge on any atom is 0.410 e. The number of nitrogens with two attached hydrogens (primary N) is 1. The van der Waals surface area contributed by atoms with Gasteiger partial charge in [0.1, 0.15) is 6.61 Å². The quantitative estimate of drug-likeness (QED) is 0.822. The van der Waals surface area contributed by atoms with Crippen LogP contribution in [-0.2, 0) is 11.3 Å². The van der Waals surface area contributed by atoms with Gasteiger partial charge in [-0.2, -0.15) is 0 Å². The van der Waals surface area contributed by atoms with Gasteiger partial charge in [0, 0.05) is 12.5 Å². The summed E-state index contributed by atoms with van der Waals surface area (Å²) in [7, 11) is 0. The van der Waals surface area contributed by atoms with Gasteiger partial charge in [-0.1, -0.05) is 30.3 Å². The summed E-state index contributed by atoms with van der Waals surface area (Å²) in [4.78, 5) is 13.3. The van der Waals surface area contributed by atoms with Crippen LogP contribution >= 0.6 is 0 Å². The summed E-state index contributed by atoms with van der Waals surface area (Å²) in [6.07, 6.45) is -0.937. The van der Waals surface area contributed by atoms with Crippen LogP contribution in [0.3, 0.4) is 0 Å². The van der Waals surface area contributed by atoms with E-state index in [-0.39, 0.29) is 12.5 Å². The Morgan fingerprint density at radius 2 is 2.11 bits per heavy atom. The molecule has 1 aliphatic rings. The lowest BCUT2D eigenvalue weighted by molar-refractivity contribution is 0.0967. The molecule has 2 rings (SSSR count). The van der Waals surface area contributed by atoms with Crippen molar-refractivity contribution in [1.29, 1.82) is 0 Å². The Hall–Kier alpha value is -1.59. The van der Waals surface area contributed by atoms with Gasteiger partial charge in [-0.3, -0.25) is 0 Å². The van der Waals surface area contributed by atoms with Crippen molar-refractivity contribution in [2.45, 2.75) is 12.7 Å². The number of ether oxygens (including phenoxy) is 1. The van der Waals surface area contributed by atoms with Gasteiger partial charge in [-0.05, 0) is 12.1 Å². The van der Waals surface area contributed by atoms with Gasteiger partial charge >= 0.3 is 6.09 Å². The number of aliphatic hydroxyl groups excluding tert-OH is 1. The lowest BCUT2D eigenvalue weighted by Gasteiger charge is -2.15. The van der Waals surface area contributed by atoms with E-state index in [1.54, 1.807) is 0 Å². The molecule has 2 atom stereocenters. The Morgan fingerprint density at radius 3 is 2.72 bits per heavy atom. The van der Waals surface area contributed by atoms with Crippen LogP contribution in [0.2, 0.25) is 0 Å². The van der Waals surface area contributed by atoms with E-state index in [9.17, 15) is 9.90 Å². The Morgan fingerprint density at radius 1 is 1.39 bits per heavy atom. The highest BCUT2D eigenvalue weighted by Gasteiger charge is 2.33. The molecular weight excluding hydrogens is 232 g/mol. The minimum absolute atomic E-state index is 0.0470. The number of hydrogen-bond donors (Lipinski definition) is 2. The molecule has 3 N–H and O–H groups in total. The van der Waals surface area contributed by atoms with Gasteiger partial charge < -0.3 is 20.5 Å². The molecule has 1 aromatic rings. The molecule has 0 radical (unpaired) electrons. The molecule has 1 amide bonds. The van der Waals surface area contributed by atoms with Crippen molar-refractivity contribution >= 4 is 6.09 Å². The van der Waals surface area contributed by atoms with Crippen LogP contribution in [0.4, 0.5) is 4.79 Å². The van der Waals surface area contributed by atoms with Gasteiger partial charge in [0.05, 0.1) is 12.6 Å². The standard InChI is InChI=1S/C13H18N2O3/c14-6-11-7-15(8-12(11)16)13(17)18-9-10-4-2-1-3-5-10/h1-5,11-12,16H,6-9,14H2/t11-,12-/m0/s1. The normalized spacial score (nSPS) is 23.1. The summed E-state index contributed by atoms with van der Waals surface area (Å²) >= 11 is 0. The van der Waals surface area contributed by atoms with Gasteiger partial charge in [0.25, 0.3) is 0 Å². The first-order valence-corrected chi connectivity index (χ1v) is 6.04. The van der Waals surface area contributed by atoms with Gasteiger partial charge in [0.2, 0.25) is 0 Å². The van der Waals surface area contributed by atoms with Crippen LogP contribution in [0.15, 0.2) is 30.3 Å². The Labute approximate surface area is 106 Å². The number of benzene rings is 1. The molecular formula is C13H18N2O3. The fourth-order valence-electron chi connectivity index (χ4n) is 2.05. The fourth-order valence-corrected chi connectivity index (χ4v) is 2.05. The van der Waals surface area contributed by atoms with E-state index in [4.69, 9.17) is 10.5 Å². The first kappa shape index (κ1) is 12.9. The summed E-state index contributed by atoms with van der Waals surface area (Å²) in [5.41, 5.74) is 6.46. The second-order valence-electron chi connectivity index (χ2n) is 4.51. The second-order valence-corrected chi connectivity index (χ2v) is 4.51. The summed E-state index contributed by atoms with van der Waals surface area (Å²) in [6, 6.07) is 9.50. The fraction of sp³-hybridized carbons (Fsp3) is 0.462. The third-order valence-electron chi connectivity index (χ3n) is 3.17. The van der Waals surface area contributed by atoms with Gasteiger partial charge in [-0.15, -0.1) is 0 Å². The summed E-state index contributed by atoms with van der Waals surface area (Å²) in [5.74, 6) is -0.0470. The van der Waals surface area contributed by atoms with Crippen LogP contribution in [-0.4, -0.2) is 41.8 Å². The zero-order chi connectivity index (χ0) is 13.0. The molecule has 1 saturated heterocycles. The molecule has 5 nitrogen and oxygen atoms in total. The van der Waals surface area contributed by atoms with Crippen molar-refractivity contribution in [2.24, 2.45) is 11.7 Å². The van der Waals surface area contributed by atoms with Crippen LogP contribution in [0.5, 0.6) is 0 Å². The molecule has 0 aliphatic carbocycles. The van der Waals surface area contributed by atoms with Crippen LogP contribution in [0.25, 0.3) is 0 Å². The Balaban J connectivity index is 1.82. The van der Waals surface area contributed by atoms with E-state index in [1.165, 1.54) is 4.90 Å². The molecule has 1 aromatic carbocycles. The van der Waals surface area contributed by atoms with E-state index < -0.39 is 12.2 Å². The van der Waals surface area contributed by atoms with Crippen molar-refractivity contribution in [1.82, 2.24) is 4.90 Å². The van der Waals surface area contributed by atoms with E-state index in [0.717, 1.165) is 5.56 Å². The minimum atomic E-state index is -0.542. The van der Waals surface area contributed by atoms with Crippen molar-refractivity contribution in [3.8, 4) is 0 Å². The molecule has 0 bridgehead atoms. The average Bonchev–Trinajstić information content (AvgIpc) is 2.78. The number of carbonyl (C=O) groups excluding carboxylic acids is 1. The number of nitrogens with zero attached hydrogens (tertiary/aromatic N) is 1. The maximum absolute atomic E-state index is 11.8. The molecule has 0 spiro atoms. The monoisotopic (exact) mass is 250 g/mol. The lowest BCUT2D eigenvalue weighted by Crippen LogP contribution is -2.30. The van der Waals surface area contributed by atoms with E-state index in [2.05, 4.69) is 0 Å². The van der Waals surface area contributed by atoms with Gasteiger partial charge in [-0.25, -0.2) is 4.79 Å². The summed E-state index contributed by atoms with van der Waals surface area (Å²) in [5, 5.41) is 9.66. The molecule has 1 aliphatic heterocycles. The highest BCUT2D eigenvalue weighted by Crippen LogP contribution is 2.17. The van der Waals surface area contributed by atoms with Crippen LogP contribution < -0.4 is 5.73 Å². The van der Waals surface area contributed by atoms with Crippen molar-refractivity contribution in [3.63, 3.8) is 0 Å². The van der Waals surface area contributed by atoms with Crippen molar-refractivity contribution in [3.05, 3.63) is 35.9 Å². The first-order chi connectivity index (χ1) is 8.70. The lowest BCUT2D eigenvalue weighted by atomic mass is 10.1. The number of amides is 1. The molecule has 1 heterocycles. The first-order valence-electron chi connectivity index (χ1n) is 6.04. The number of hydrogen-bond acceptors (Lipinski definition) is 4. The predicted octanol–water partition coefficient (Wildman–Crippen LogP) is 0.575. The zero-order valence-corrected chi connectivity index (χ0v) is 10.2. The second kappa shape index (κ2) is 5.84. The van der Waals surface area contributed by atoms with Crippen molar-refractivity contribution < 1.29 is 14.6 Å². The number of carbonyl (C=O) groups is 1. The van der Waals surface area contributed by atoms with E-state index in [1.807, 2.05) is 30.3 Å². The molecule has 1 fully saturated rings. The zero-order valence-electron chi connectivity index (χ0n) is 10.2. The smallest absolute Gasteiger partial charge is 0.410 e. The molecule has 0 aromatic heterocycles. The Bertz CT molecular complexity index is 396. The largest absolute Gasteiger partial charge is 0.445 e. The third-order valence-corrected chi connectivity index (χ3v) is 3.17. The Kier molecular flexibility index (Phi) is 4.17. The van der Waals surface area contributed by atoms with Crippen molar-refractivity contribution in [2.75, 3.05) is 19.6 Å². The molecule has 0 unspecified atom stereocenters. The average molecular weight is 250 g/mol. The number of β-amino-alcohol motifs (C(OH)–C–C–N with tert-alkyl or cyclic N) is 1. The molecule has 5 heteroatoms. The highest BCUT2D eigenvalue weighted by molar-refractivity contribution is 5.68. The predicted molar refractivity (Wildman–Crippen MR) is 66.8 cm³/mol. The summed E-state index contributed by atoms with van der Waals surface area (Å²) in [6.45, 7) is 1.39. The highest BCUT2D eigenvalue weighted by atomic mass is 16.6. The topological polar surface area (TPSA) is 75.8 Å². The van der Waals surface area contributed by atoms with Gasteiger partial charge in [0.15, 0.2) is 0 Å². The molecule has 98 valence electrons. The van der Waals surface area contributed by atoms with Crippen LogP contribution in [0, 0.1) is 5.92 Å². The number of aliphatic hydroxyl groups is 1. The van der Waals surface area contributed by atoms with E-state index in [0.29, 0.717) is 19.6 Å². The van der Waals surface area contributed by atoms with E-state index >= 15 is 0 Å². The maximum atomic E-state index is 11.8.